The van der Waals surface area contributed by atoms with Crippen molar-refractivity contribution in [1.29, 1.82) is 0 Å². The molecular weight excluding hydrogens is 707 g/mol. The molecule has 0 spiro atoms. The molecule has 1 saturated heterocycles. The maximum absolute atomic E-state index is 5.99. The molecule has 5 heterocycles. The van der Waals surface area contributed by atoms with Gasteiger partial charge < -0.3 is 49.9 Å². The van der Waals surface area contributed by atoms with Crippen LogP contribution in [0.5, 0.6) is 0 Å². The van der Waals surface area contributed by atoms with Gasteiger partial charge in [-0.1, -0.05) is 34.1 Å². The van der Waals surface area contributed by atoms with Crippen LogP contribution < -0.4 is 28.4 Å². The molecule has 14 nitrogen and oxygen atoms in total. The summed E-state index contributed by atoms with van der Waals surface area (Å²) in [5.74, 6) is 0. The van der Waals surface area contributed by atoms with Crippen molar-refractivity contribution < 1.29 is 27.0 Å². The highest BCUT2D eigenvalue weighted by Gasteiger charge is 2.51. The van der Waals surface area contributed by atoms with Crippen LogP contribution in [0.4, 0.5) is 24.1 Å². The van der Waals surface area contributed by atoms with Crippen LogP contribution in [-0.2, 0) is 9.31 Å². The molecule has 1 fully saturated rings. The highest BCUT2D eigenvalue weighted by atomic mass is 79.9. The Kier molecular flexibility index (Phi) is 8.16. The summed E-state index contributed by atoms with van der Waals surface area (Å²) >= 11 is 3.32. The molecule has 8 N–H and O–H groups in total. The first kappa shape index (κ1) is 32.9. The predicted molar refractivity (Wildman–Crippen MR) is 196 cm³/mol. The summed E-state index contributed by atoms with van der Waals surface area (Å²) in [6.45, 7) is 8.11. The van der Waals surface area contributed by atoms with Gasteiger partial charge in [0.25, 0.3) is 24.1 Å². The van der Waals surface area contributed by atoms with Gasteiger partial charge in [-0.05, 0) is 98.9 Å². The highest BCUT2D eigenvalue weighted by molar-refractivity contribution is 9.10. The zero-order valence-corrected chi connectivity index (χ0v) is 29.0. The van der Waals surface area contributed by atoms with Crippen molar-refractivity contribution in [1.82, 2.24) is 19.9 Å². The lowest BCUT2D eigenvalue weighted by molar-refractivity contribution is 0.00578. The van der Waals surface area contributed by atoms with Gasteiger partial charge in [-0.2, -0.15) is 19.9 Å². The summed E-state index contributed by atoms with van der Waals surface area (Å²) in [7, 11) is -0.396. The Morgan fingerprint density at radius 1 is 0.500 bits per heavy atom. The van der Waals surface area contributed by atoms with Crippen LogP contribution in [0.3, 0.4) is 0 Å². The van der Waals surface area contributed by atoms with Crippen LogP contribution in [0.25, 0.3) is 55.5 Å². The van der Waals surface area contributed by atoms with Crippen molar-refractivity contribution in [3.8, 4) is 11.1 Å². The third-order valence-corrected chi connectivity index (χ3v) is 8.95. The molecule has 1 aliphatic heterocycles. The molecule has 0 unspecified atom stereocenters. The number of fused-ring (bicyclic) bond motifs is 4. The zero-order chi connectivity index (χ0) is 35.4. The molecule has 8 aromatic rings. The molecule has 50 heavy (non-hydrogen) atoms. The van der Waals surface area contributed by atoms with Crippen LogP contribution in [0.1, 0.15) is 27.7 Å². The first-order chi connectivity index (χ1) is 23.7. The topological polar surface area (TPSA) is 227 Å². The predicted octanol–water partition coefficient (Wildman–Crippen LogP) is 6.68. The second-order valence-electron chi connectivity index (χ2n) is 12.5. The number of nitrogens with two attached hydrogens (primary N) is 4. The van der Waals surface area contributed by atoms with E-state index in [-0.39, 0.29) is 35.3 Å². The van der Waals surface area contributed by atoms with E-state index >= 15 is 0 Å². The van der Waals surface area contributed by atoms with E-state index in [9.17, 15) is 0 Å². The van der Waals surface area contributed by atoms with Gasteiger partial charge in [0.15, 0.2) is 22.3 Å². The zero-order valence-electron chi connectivity index (χ0n) is 27.4. The second kappa shape index (κ2) is 12.4. The fourth-order valence-electron chi connectivity index (χ4n) is 5.26. The minimum absolute atomic E-state index is 0.164. The first-order valence-electron chi connectivity index (χ1n) is 15.4. The monoisotopic (exact) mass is 738 g/mol. The van der Waals surface area contributed by atoms with Gasteiger partial charge in [0.1, 0.15) is 22.1 Å². The van der Waals surface area contributed by atoms with E-state index in [0.29, 0.717) is 27.8 Å². The third-order valence-electron chi connectivity index (χ3n) is 8.46. The number of benzene rings is 4. The maximum Gasteiger partial charge on any atom is 0.494 e. The van der Waals surface area contributed by atoms with Crippen LogP contribution >= 0.6 is 15.9 Å². The Balaban J connectivity index is 0.000000123. The van der Waals surface area contributed by atoms with Crippen molar-refractivity contribution in [2.75, 3.05) is 22.9 Å². The minimum Gasteiger partial charge on any atom is -0.424 e. The molecule has 0 aliphatic carbocycles. The Bertz CT molecular complexity index is 2410. The number of halogens is 1. The molecule has 1 aliphatic rings. The average Bonchev–Trinajstić information content (AvgIpc) is 3.84. The Hall–Kier alpha value is -5.58. The lowest BCUT2D eigenvalue weighted by Crippen LogP contribution is -2.41. The summed E-state index contributed by atoms with van der Waals surface area (Å²) < 4.78 is 33.8. The van der Waals surface area contributed by atoms with Gasteiger partial charge in [-0.15, -0.1) is 0 Å². The second-order valence-corrected chi connectivity index (χ2v) is 13.4. The first-order valence-corrected chi connectivity index (χ1v) is 16.2. The molecule has 0 atom stereocenters. The number of oxazole rings is 4. The van der Waals surface area contributed by atoms with Gasteiger partial charge in [-0.3, -0.25) is 0 Å². The van der Waals surface area contributed by atoms with Crippen molar-refractivity contribution in [3.05, 3.63) is 77.3 Å². The van der Waals surface area contributed by atoms with Gasteiger partial charge in [0, 0.05) is 4.47 Å². The van der Waals surface area contributed by atoms with E-state index in [4.69, 9.17) is 49.9 Å². The molecule has 0 amide bonds. The Morgan fingerprint density at radius 2 is 0.860 bits per heavy atom. The molecule has 4 aromatic carbocycles. The van der Waals surface area contributed by atoms with Gasteiger partial charge in [0.2, 0.25) is 0 Å². The SMILES string of the molecule is CC1(C)OB(c2ccc3oc(N)nc3c2)OC1(C)C.Nc1nc2cc(-c3ccc4oc(N)nc4c3)ccc2o1.Nc1nc2cc(Br)ccc2o1. The smallest absolute Gasteiger partial charge is 0.424 e. The summed E-state index contributed by atoms with van der Waals surface area (Å²) in [5, 5.41) is 0. The van der Waals surface area contributed by atoms with Crippen LogP contribution in [0.15, 0.2) is 94.9 Å². The van der Waals surface area contributed by atoms with Crippen molar-refractivity contribution in [2.45, 2.75) is 38.9 Å². The van der Waals surface area contributed by atoms with Crippen LogP contribution in [-0.4, -0.2) is 38.3 Å². The fourth-order valence-corrected chi connectivity index (χ4v) is 5.61. The lowest BCUT2D eigenvalue weighted by atomic mass is 9.79. The summed E-state index contributed by atoms with van der Waals surface area (Å²) in [6.07, 6.45) is 0. The molecule has 9 rings (SSSR count). The summed E-state index contributed by atoms with van der Waals surface area (Å²) in [6, 6.07) is 23.3. The number of aromatic nitrogens is 4. The number of hydrogen-bond donors (Lipinski definition) is 4. The summed E-state index contributed by atoms with van der Waals surface area (Å²) in [4.78, 5) is 16.3. The number of rotatable bonds is 2. The molecule has 16 heteroatoms. The minimum atomic E-state index is -0.396. The molecular formula is C34H32BBrN8O6. The Morgan fingerprint density at radius 3 is 1.30 bits per heavy atom. The van der Waals surface area contributed by atoms with E-state index in [0.717, 1.165) is 37.6 Å². The largest absolute Gasteiger partial charge is 0.494 e. The van der Waals surface area contributed by atoms with Gasteiger partial charge in [-0.25, -0.2) is 0 Å². The molecule has 254 valence electrons. The van der Waals surface area contributed by atoms with E-state index in [1.165, 1.54) is 0 Å². The van der Waals surface area contributed by atoms with E-state index in [2.05, 4.69) is 35.9 Å². The maximum atomic E-state index is 5.99. The molecule has 0 bridgehead atoms. The quantitative estimate of drug-likeness (QED) is 0.136. The van der Waals surface area contributed by atoms with Crippen LogP contribution in [0.2, 0.25) is 0 Å². The standard InChI is InChI=1S/C14H10N4O2.C13H17BN2O3.C7H5BrN2O/c15-13-17-9-5-7(1-3-11(9)19-13)8-2-4-12-10(6-8)18-14(16)20-12;1-12(2)13(3,4)19-14(18-12)8-5-6-10-9(7-8)16-11(15)17-10;8-4-1-2-6-5(3-4)10-7(9)11-6/h1-6H,(H2,15,17)(H2,16,18);5-7H,1-4H3,(H2,15,16);1-3H,(H2,9,10). The summed E-state index contributed by atoms with van der Waals surface area (Å²) in [5.41, 5.74) is 29.8. The highest BCUT2D eigenvalue weighted by Crippen LogP contribution is 2.36. The molecule has 0 radical (unpaired) electrons. The molecule has 0 saturated carbocycles. The van der Waals surface area contributed by atoms with Gasteiger partial charge in [0.05, 0.1) is 11.2 Å². The number of nitrogens with zero attached hydrogens (tertiary/aromatic N) is 4. The fraction of sp³-hybridized carbons (Fsp3) is 0.176. The number of anilines is 4. The Labute approximate surface area is 293 Å². The van der Waals surface area contributed by atoms with E-state index in [1.54, 1.807) is 0 Å². The number of hydrogen-bond acceptors (Lipinski definition) is 14. The van der Waals surface area contributed by atoms with Crippen molar-refractivity contribution in [2.24, 2.45) is 0 Å². The average molecular weight is 739 g/mol. The van der Waals surface area contributed by atoms with Crippen molar-refractivity contribution >= 4 is 97.0 Å². The van der Waals surface area contributed by atoms with Gasteiger partial charge >= 0.3 is 7.12 Å². The van der Waals surface area contributed by atoms with Crippen molar-refractivity contribution in [3.63, 3.8) is 0 Å². The number of nitrogen functional groups attached to an aromatic ring is 4. The molecule has 4 aromatic heterocycles. The third kappa shape index (κ3) is 6.55. The van der Waals surface area contributed by atoms with E-state index in [1.807, 2.05) is 100 Å². The lowest BCUT2D eigenvalue weighted by Gasteiger charge is -2.32. The van der Waals surface area contributed by atoms with E-state index < -0.39 is 7.12 Å². The normalized spacial score (nSPS) is 14.9. The van der Waals surface area contributed by atoms with Crippen LogP contribution in [0, 0.1) is 0 Å².